The van der Waals surface area contributed by atoms with Gasteiger partial charge in [0.15, 0.2) is 0 Å². The summed E-state index contributed by atoms with van der Waals surface area (Å²) >= 11 is 0. The third kappa shape index (κ3) is 2.35. The molecule has 18 heavy (non-hydrogen) atoms. The van der Waals surface area contributed by atoms with Gasteiger partial charge in [-0.25, -0.2) is 0 Å². The highest BCUT2D eigenvalue weighted by molar-refractivity contribution is 6.06. The fraction of sp³-hybridized carbons (Fsp3) is 0.133. The van der Waals surface area contributed by atoms with Crippen molar-refractivity contribution in [3.63, 3.8) is 0 Å². The van der Waals surface area contributed by atoms with E-state index < -0.39 is 0 Å². The number of hydrogen-bond acceptors (Lipinski definition) is 2. The van der Waals surface area contributed by atoms with Gasteiger partial charge in [0.1, 0.15) is 0 Å². The fourth-order valence-electron chi connectivity index (χ4n) is 1.77. The summed E-state index contributed by atoms with van der Waals surface area (Å²) < 4.78 is 0. The molecule has 0 aliphatic carbocycles. The maximum Gasteiger partial charge on any atom is 0.258 e. The van der Waals surface area contributed by atoms with E-state index in [1.165, 1.54) is 0 Å². The molecule has 0 aromatic heterocycles. The number of hydrogen-bond donors (Lipinski definition) is 1. The lowest BCUT2D eigenvalue weighted by molar-refractivity contribution is 0.0993. The molecule has 1 amide bonds. The number of aryl methyl sites for hydroxylation is 1. The first-order valence-electron chi connectivity index (χ1n) is 5.79. The lowest BCUT2D eigenvalue weighted by Crippen LogP contribution is -2.26. The second-order valence-electron chi connectivity index (χ2n) is 4.27. The van der Waals surface area contributed by atoms with Crippen LogP contribution in [0.5, 0.6) is 0 Å². The van der Waals surface area contributed by atoms with E-state index in [0.717, 1.165) is 11.3 Å². The molecule has 0 unspecified atom stereocenters. The van der Waals surface area contributed by atoms with Gasteiger partial charge in [-0.15, -0.1) is 0 Å². The number of rotatable bonds is 2. The van der Waals surface area contributed by atoms with Crippen molar-refractivity contribution in [2.24, 2.45) is 0 Å². The molecule has 2 rings (SSSR count). The van der Waals surface area contributed by atoms with Crippen LogP contribution in [0.3, 0.4) is 0 Å². The minimum atomic E-state index is -0.0377. The number of nitrogen functional groups attached to an aromatic ring is 1. The van der Waals surface area contributed by atoms with Crippen LogP contribution in [-0.4, -0.2) is 13.0 Å². The molecule has 0 saturated heterocycles. The molecule has 0 atom stereocenters. The predicted octanol–water partition coefficient (Wildman–Crippen LogP) is 2.85. The minimum Gasteiger partial charge on any atom is -0.399 e. The first-order chi connectivity index (χ1) is 8.59. The maximum atomic E-state index is 12.3. The molecule has 0 heterocycles. The molecule has 2 N–H and O–H groups in total. The van der Waals surface area contributed by atoms with Crippen molar-refractivity contribution >= 4 is 17.3 Å². The monoisotopic (exact) mass is 240 g/mol. The molecule has 2 aromatic rings. The first-order valence-corrected chi connectivity index (χ1v) is 5.79. The maximum absolute atomic E-state index is 12.3. The SMILES string of the molecule is Cc1cc(C(=O)N(C)c2ccccc2)ccc1N. The van der Waals surface area contributed by atoms with E-state index in [2.05, 4.69) is 0 Å². The Kier molecular flexibility index (Phi) is 3.33. The molecule has 0 fully saturated rings. The van der Waals surface area contributed by atoms with Crippen molar-refractivity contribution in [2.45, 2.75) is 6.92 Å². The van der Waals surface area contributed by atoms with Crippen molar-refractivity contribution in [3.05, 3.63) is 59.7 Å². The smallest absolute Gasteiger partial charge is 0.258 e. The molecule has 0 aliphatic heterocycles. The molecule has 3 heteroatoms. The second kappa shape index (κ2) is 4.92. The van der Waals surface area contributed by atoms with Crippen molar-refractivity contribution in [3.8, 4) is 0 Å². The number of carbonyl (C=O) groups is 1. The van der Waals surface area contributed by atoms with Crippen LogP contribution in [0.15, 0.2) is 48.5 Å². The lowest BCUT2D eigenvalue weighted by Gasteiger charge is -2.17. The third-order valence-electron chi connectivity index (χ3n) is 2.96. The number of nitrogens with two attached hydrogens (primary N) is 1. The highest BCUT2D eigenvalue weighted by Gasteiger charge is 2.13. The zero-order valence-corrected chi connectivity index (χ0v) is 10.6. The molecule has 3 nitrogen and oxygen atoms in total. The molecular formula is C15H16N2O. The van der Waals surface area contributed by atoms with Gasteiger partial charge in [0, 0.05) is 24.0 Å². The van der Waals surface area contributed by atoms with Crippen molar-refractivity contribution in [1.29, 1.82) is 0 Å². The van der Waals surface area contributed by atoms with Crippen molar-refractivity contribution < 1.29 is 4.79 Å². The van der Waals surface area contributed by atoms with Crippen LogP contribution in [0.4, 0.5) is 11.4 Å². The van der Waals surface area contributed by atoms with Crippen LogP contribution in [0.2, 0.25) is 0 Å². The quantitative estimate of drug-likeness (QED) is 0.820. The van der Waals surface area contributed by atoms with Crippen molar-refractivity contribution in [1.82, 2.24) is 0 Å². The number of amides is 1. The van der Waals surface area contributed by atoms with Gasteiger partial charge in [-0.3, -0.25) is 4.79 Å². The summed E-state index contributed by atoms with van der Waals surface area (Å²) in [6.45, 7) is 1.90. The van der Waals surface area contributed by atoms with E-state index >= 15 is 0 Å². The first kappa shape index (κ1) is 12.2. The second-order valence-corrected chi connectivity index (χ2v) is 4.27. The third-order valence-corrected chi connectivity index (χ3v) is 2.96. The van der Waals surface area contributed by atoms with Crippen LogP contribution >= 0.6 is 0 Å². The molecule has 0 saturated carbocycles. The average molecular weight is 240 g/mol. The molecule has 0 radical (unpaired) electrons. The zero-order chi connectivity index (χ0) is 13.1. The Balaban J connectivity index is 2.29. The Bertz CT molecular complexity index is 564. The van der Waals surface area contributed by atoms with Crippen LogP contribution < -0.4 is 10.6 Å². The van der Waals surface area contributed by atoms with Crippen molar-refractivity contribution in [2.75, 3.05) is 17.7 Å². The van der Waals surface area contributed by atoms with Gasteiger partial charge in [0.05, 0.1) is 0 Å². The summed E-state index contributed by atoms with van der Waals surface area (Å²) in [5.41, 5.74) is 8.89. The van der Waals surface area contributed by atoms with Crippen LogP contribution in [0.25, 0.3) is 0 Å². The van der Waals surface area contributed by atoms with Gasteiger partial charge in [0.2, 0.25) is 0 Å². The summed E-state index contributed by atoms with van der Waals surface area (Å²) in [5, 5.41) is 0. The molecule has 0 bridgehead atoms. The molecule has 0 spiro atoms. The fourth-order valence-corrected chi connectivity index (χ4v) is 1.77. The summed E-state index contributed by atoms with van der Waals surface area (Å²) in [7, 11) is 1.77. The summed E-state index contributed by atoms with van der Waals surface area (Å²) in [6, 6.07) is 14.9. The topological polar surface area (TPSA) is 46.3 Å². The van der Waals surface area contributed by atoms with E-state index in [4.69, 9.17) is 5.73 Å². The number of nitrogens with zero attached hydrogens (tertiary/aromatic N) is 1. The molecule has 0 aliphatic rings. The number of anilines is 2. The standard InChI is InChI=1S/C15H16N2O/c1-11-10-12(8-9-14(11)16)15(18)17(2)13-6-4-3-5-7-13/h3-10H,16H2,1-2H3. The van der Waals surface area contributed by atoms with Gasteiger partial charge in [-0.1, -0.05) is 18.2 Å². The molecule has 92 valence electrons. The Labute approximate surface area is 107 Å². The summed E-state index contributed by atoms with van der Waals surface area (Å²) in [4.78, 5) is 13.9. The highest BCUT2D eigenvalue weighted by atomic mass is 16.2. The van der Waals surface area contributed by atoms with Crippen LogP contribution in [0, 0.1) is 6.92 Å². The van der Waals surface area contributed by atoms with Gasteiger partial charge in [-0.2, -0.15) is 0 Å². The van der Waals surface area contributed by atoms with Gasteiger partial charge >= 0.3 is 0 Å². The van der Waals surface area contributed by atoms with Gasteiger partial charge < -0.3 is 10.6 Å². The largest absolute Gasteiger partial charge is 0.399 e. The van der Waals surface area contributed by atoms with E-state index in [1.54, 1.807) is 24.1 Å². The van der Waals surface area contributed by atoms with Crippen LogP contribution in [0.1, 0.15) is 15.9 Å². The van der Waals surface area contributed by atoms with Crippen LogP contribution in [-0.2, 0) is 0 Å². The Hall–Kier alpha value is -2.29. The minimum absolute atomic E-state index is 0.0377. The summed E-state index contributed by atoms with van der Waals surface area (Å²) in [5.74, 6) is -0.0377. The molecular weight excluding hydrogens is 224 g/mol. The average Bonchev–Trinajstić information content (AvgIpc) is 2.41. The predicted molar refractivity (Wildman–Crippen MR) is 74.8 cm³/mol. The number of benzene rings is 2. The van der Waals surface area contributed by atoms with Gasteiger partial charge in [0.25, 0.3) is 5.91 Å². The highest BCUT2D eigenvalue weighted by Crippen LogP contribution is 2.17. The Morgan fingerprint density at radius 2 is 1.78 bits per heavy atom. The van der Waals surface area contributed by atoms with E-state index in [0.29, 0.717) is 11.3 Å². The Morgan fingerprint density at radius 3 is 2.39 bits per heavy atom. The number of para-hydroxylation sites is 1. The summed E-state index contributed by atoms with van der Waals surface area (Å²) in [6.07, 6.45) is 0. The van der Waals surface area contributed by atoms with E-state index in [9.17, 15) is 4.79 Å². The zero-order valence-electron chi connectivity index (χ0n) is 10.6. The van der Waals surface area contributed by atoms with Gasteiger partial charge in [-0.05, 0) is 42.8 Å². The Morgan fingerprint density at radius 1 is 1.11 bits per heavy atom. The number of carbonyl (C=O) groups excluding carboxylic acids is 1. The lowest BCUT2D eigenvalue weighted by atomic mass is 10.1. The molecule has 2 aromatic carbocycles. The van der Waals surface area contributed by atoms with E-state index in [1.807, 2.05) is 43.3 Å². The normalized spacial score (nSPS) is 10.1. The van der Waals surface area contributed by atoms with E-state index in [-0.39, 0.29) is 5.91 Å².